The van der Waals surface area contributed by atoms with E-state index in [1.807, 2.05) is 6.07 Å². The molecule has 2 fully saturated rings. The van der Waals surface area contributed by atoms with Gasteiger partial charge in [-0.1, -0.05) is 17.7 Å². The number of nitro groups is 1. The summed E-state index contributed by atoms with van der Waals surface area (Å²) in [5.74, 6) is 0.815. The number of halogens is 1. The highest BCUT2D eigenvalue weighted by Gasteiger charge is 2.54. The van der Waals surface area contributed by atoms with Gasteiger partial charge in [0.25, 0.3) is 5.70 Å². The number of aromatic nitrogens is 1. The van der Waals surface area contributed by atoms with Crippen LogP contribution in [0.1, 0.15) is 12.0 Å². The van der Waals surface area contributed by atoms with Crippen LogP contribution in [0.5, 0.6) is 0 Å². The van der Waals surface area contributed by atoms with E-state index in [-0.39, 0.29) is 10.2 Å². The van der Waals surface area contributed by atoms with Crippen molar-refractivity contribution in [2.24, 2.45) is 0 Å². The van der Waals surface area contributed by atoms with Gasteiger partial charge in [0.05, 0.1) is 10.3 Å². The summed E-state index contributed by atoms with van der Waals surface area (Å²) in [7, 11) is 0. The highest BCUT2D eigenvalue weighted by molar-refractivity contribution is 8.02. The third-order valence-electron chi connectivity index (χ3n) is 4.16. The van der Waals surface area contributed by atoms with Gasteiger partial charge in [-0.15, -0.1) is 11.8 Å². The van der Waals surface area contributed by atoms with Crippen LogP contribution >= 0.6 is 23.4 Å². The monoisotopic (exact) mass is 324 g/mol. The molecule has 5 heterocycles. The first-order valence-corrected chi connectivity index (χ1v) is 8.11. The molecule has 4 aliphatic heterocycles. The van der Waals surface area contributed by atoms with Gasteiger partial charge >= 0.3 is 0 Å². The number of rotatable bonds is 3. The Hall–Kier alpha value is -1.47. The van der Waals surface area contributed by atoms with Crippen molar-refractivity contribution in [1.82, 2.24) is 14.8 Å². The fraction of sp³-hybridized carbons (Fsp3) is 0.462. The molecule has 5 rings (SSSR count). The number of hydrogen-bond acceptors (Lipinski definition) is 6. The quantitative estimate of drug-likeness (QED) is 0.482. The zero-order valence-corrected chi connectivity index (χ0v) is 12.7. The van der Waals surface area contributed by atoms with Gasteiger partial charge in [-0.05, 0) is 18.1 Å². The van der Waals surface area contributed by atoms with E-state index >= 15 is 0 Å². The van der Waals surface area contributed by atoms with Crippen LogP contribution in [0.2, 0.25) is 5.15 Å². The summed E-state index contributed by atoms with van der Waals surface area (Å²) in [6, 6.07) is 3.67. The molecule has 0 radical (unpaired) electrons. The minimum Gasteiger partial charge on any atom is -0.347 e. The molecule has 1 aromatic heterocycles. The minimum absolute atomic E-state index is 0.0557. The molecule has 2 saturated heterocycles. The van der Waals surface area contributed by atoms with Crippen molar-refractivity contribution in [1.29, 1.82) is 0 Å². The third kappa shape index (κ3) is 2.06. The molecular formula is C13H13ClN4O2S. The Labute approximate surface area is 130 Å². The Morgan fingerprint density at radius 3 is 2.95 bits per heavy atom. The second-order valence-corrected chi connectivity index (χ2v) is 7.16. The Balaban J connectivity index is 1.65. The lowest BCUT2D eigenvalue weighted by atomic mass is 10.1. The van der Waals surface area contributed by atoms with Crippen molar-refractivity contribution in [3.05, 3.63) is 50.7 Å². The first-order chi connectivity index (χ1) is 10.1. The van der Waals surface area contributed by atoms with Crippen molar-refractivity contribution in [2.75, 3.05) is 13.1 Å². The van der Waals surface area contributed by atoms with Crippen LogP contribution in [0.25, 0.3) is 0 Å². The van der Waals surface area contributed by atoms with Gasteiger partial charge in [0.15, 0.2) is 5.82 Å². The smallest absolute Gasteiger partial charge is 0.299 e. The van der Waals surface area contributed by atoms with E-state index in [0.29, 0.717) is 22.8 Å². The van der Waals surface area contributed by atoms with Crippen LogP contribution < -0.4 is 0 Å². The number of nitrogens with zero attached hydrogens (tertiary/aromatic N) is 4. The highest BCUT2D eigenvalue weighted by atomic mass is 35.5. The van der Waals surface area contributed by atoms with Crippen LogP contribution in [0.4, 0.5) is 0 Å². The molecule has 0 N–H and O–H groups in total. The van der Waals surface area contributed by atoms with E-state index in [1.165, 1.54) is 0 Å². The van der Waals surface area contributed by atoms with Crippen molar-refractivity contribution in [3.8, 4) is 0 Å². The summed E-state index contributed by atoms with van der Waals surface area (Å²) in [5, 5.41) is 12.4. The standard InChI is InChI=1S/C13H13ClN4O2S/c14-10-2-1-8(6-15-10)7-16-3-4-17-11-5-9(21-11)12(13(16)17)18(19)20/h1-2,6,9,11H,3-5,7H2. The Bertz CT molecular complexity index is 630. The maximum Gasteiger partial charge on any atom is 0.299 e. The van der Waals surface area contributed by atoms with Crippen LogP contribution in [-0.4, -0.2) is 43.4 Å². The maximum atomic E-state index is 11.4. The predicted molar refractivity (Wildman–Crippen MR) is 80.2 cm³/mol. The molecule has 110 valence electrons. The first kappa shape index (κ1) is 13.2. The van der Waals surface area contributed by atoms with Gasteiger partial charge in [-0.3, -0.25) is 10.1 Å². The normalized spacial score (nSPS) is 26.7. The summed E-state index contributed by atoms with van der Waals surface area (Å²) in [5.41, 5.74) is 1.39. The van der Waals surface area contributed by atoms with E-state index in [1.54, 1.807) is 24.0 Å². The largest absolute Gasteiger partial charge is 0.347 e. The topological polar surface area (TPSA) is 62.5 Å². The maximum absolute atomic E-state index is 11.4. The predicted octanol–water partition coefficient (Wildman–Crippen LogP) is 2.14. The Morgan fingerprint density at radius 1 is 1.48 bits per heavy atom. The fourth-order valence-corrected chi connectivity index (χ4v) is 4.57. The third-order valence-corrected chi connectivity index (χ3v) is 5.89. The van der Waals surface area contributed by atoms with E-state index in [2.05, 4.69) is 14.8 Å². The minimum atomic E-state index is -0.201. The highest BCUT2D eigenvalue weighted by Crippen LogP contribution is 2.52. The number of hydrogen-bond donors (Lipinski definition) is 0. The molecule has 8 heteroatoms. The summed E-state index contributed by atoms with van der Waals surface area (Å²) >= 11 is 7.50. The van der Waals surface area contributed by atoms with Gasteiger partial charge in [0, 0.05) is 25.8 Å². The van der Waals surface area contributed by atoms with Gasteiger partial charge in [0.1, 0.15) is 10.4 Å². The van der Waals surface area contributed by atoms with E-state index in [0.717, 1.165) is 30.9 Å². The molecule has 0 amide bonds. The van der Waals surface area contributed by atoms with E-state index < -0.39 is 0 Å². The number of thioether (sulfide) groups is 1. The molecule has 0 aromatic carbocycles. The molecule has 2 atom stereocenters. The molecule has 2 unspecified atom stereocenters. The summed E-state index contributed by atoms with van der Waals surface area (Å²) in [4.78, 5) is 19.6. The Morgan fingerprint density at radius 2 is 2.29 bits per heavy atom. The van der Waals surface area contributed by atoms with Gasteiger partial charge in [-0.25, -0.2) is 4.98 Å². The van der Waals surface area contributed by atoms with Crippen LogP contribution in [0.3, 0.4) is 0 Å². The molecule has 2 bridgehead atoms. The fourth-order valence-electron chi connectivity index (χ4n) is 3.17. The van der Waals surface area contributed by atoms with Gasteiger partial charge in [-0.2, -0.15) is 0 Å². The second kappa shape index (κ2) is 4.78. The van der Waals surface area contributed by atoms with Crippen molar-refractivity contribution < 1.29 is 4.92 Å². The SMILES string of the molecule is O=[N+]([O-])C1=C2N(Cc3ccc(Cl)nc3)CCN2C2CC1S2. The van der Waals surface area contributed by atoms with E-state index in [4.69, 9.17) is 11.6 Å². The van der Waals surface area contributed by atoms with Gasteiger partial charge in [0.2, 0.25) is 0 Å². The zero-order valence-electron chi connectivity index (χ0n) is 11.1. The lowest BCUT2D eigenvalue weighted by Crippen LogP contribution is -2.49. The molecule has 6 nitrogen and oxygen atoms in total. The van der Waals surface area contributed by atoms with E-state index in [9.17, 15) is 10.1 Å². The summed E-state index contributed by atoms with van der Waals surface area (Å²) in [6.07, 6.45) is 2.64. The Kier molecular flexibility index (Phi) is 3.00. The second-order valence-electron chi connectivity index (χ2n) is 5.39. The van der Waals surface area contributed by atoms with Crippen molar-refractivity contribution >= 4 is 23.4 Å². The molecule has 1 aromatic rings. The molecular weight excluding hydrogens is 312 g/mol. The first-order valence-electron chi connectivity index (χ1n) is 6.79. The molecule has 4 aliphatic rings. The summed E-state index contributed by atoms with van der Waals surface area (Å²) < 4.78 is 0. The molecule has 0 spiro atoms. The average molecular weight is 325 g/mol. The lowest BCUT2D eigenvalue weighted by Gasteiger charge is -2.45. The van der Waals surface area contributed by atoms with Gasteiger partial charge < -0.3 is 9.80 Å². The molecule has 0 aliphatic carbocycles. The molecule has 0 saturated carbocycles. The lowest BCUT2D eigenvalue weighted by molar-refractivity contribution is -0.432. The van der Waals surface area contributed by atoms with Crippen molar-refractivity contribution in [3.63, 3.8) is 0 Å². The summed E-state index contributed by atoms with van der Waals surface area (Å²) in [6.45, 7) is 2.31. The zero-order chi connectivity index (χ0) is 14.6. The van der Waals surface area contributed by atoms with Crippen molar-refractivity contribution in [2.45, 2.75) is 23.6 Å². The van der Waals surface area contributed by atoms with Crippen LogP contribution in [0.15, 0.2) is 29.8 Å². The van der Waals surface area contributed by atoms with Crippen LogP contribution in [0, 0.1) is 10.1 Å². The molecule has 21 heavy (non-hydrogen) atoms. The average Bonchev–Trinajstić information content (AvgIpc) is 2.83. The van der Waals surface area contributed by atoms with Crippen LogP contribution in [-0.2, 0) is 6.54 Å². The number of pyridine rings is 1.